The van der Waals surface area contributed by atoms with E-state index in [0.29, 0.717) is 17.5 Å². The number of hydrogen-bond donors (Lipinski definition) is 3. The number of hydrogen-bond acceptors (Lipinski definition) is 5. The topological polar surface area (TPSA) is 75.9 Å². The number of nitrogens with zero attached hydrogens (tertiary/aromatic N) is 2. The van der Waals surface area contributed by atoms with Gasteiger partial charge in [0.1, 0.15) is 11.6 Å². The zero-order chi connectivity index (χ0) is 14.8. The number of aromatic nitrogens is 2. The maximum absolute atomic E-state index is 13.4. The lowest BCUT2D eigenvalue weighted by molar-refractivity contribution is 0.628. The molecule has 4 N–H and O–H groups in total. The summed E-state index contributed by atoms with van der Waals surface area (Å²) in [7, 11) is 0. The molecule has 0 unspecified atom stereocenters. The molecule has 0 atom stereocenters. The number of para-hydroxylation sites is 1. The molecule has 6 heteroatoms. The van der Waals surface area contributed by atoms with E-state index in [4.69, 9.17) is 5.84 Å². The summed E-state index contributed by atoms with van der Waals surface area (Å²) in [5, 5.41) is 3.98. The maximum atomic E-state index is 13.4. The van der Waals surface area contributed by atoms with Crippen molar-refractivity contribution >= 4 is 28.4 Å². The largest absolute Gasteiger partial charge is 0.339 e. The zero-order valence-corrected chi connectivity index (χ0v) is 11.4. The third-order valence-electron chi connectivity index (χ3n) is 3.19. The summed E-state index contributed by atoms with van der Waals surface area (Å²) in [6, 6.07) is 12.1. The number of halogens is 1. The van der Waals surface area contributed by atoms with Gasteiger partial charge in [-0.2, -0.15) is 4.98 Å². The molecule has 3 rings (SSSR count). The number of nitrogens with two attached hydrogens (primary N) is 1. The molecule has 21 heavy (non-hydrogen) atoms. The van der Waals surface area contributed by atoms with Gasteiger partial charge in [-0.3, -0.25) is 5.43 Å². The van der Waals surface area contributed by atoms with Gasteiger partial charge in [-0.05, 0) is 36.8 Å². The van der Waals surface area contributed by atoms with Gasteiger partial charge in [0, 0.05) is 11.1 Å². The SMILES string of the molecule is Cc1ccc(F)cc1Nc1nc(NN)nc2ccccc12. The number of benzene rings is 2. The molecule has 0 saturated carbocycles. The molecule has 0 radical (unpaired) electrons. The van der Waals surface area contributed by atoms with Crippen LogP contribution in [-0.2, 0) is 0 Å². The second-order valence-corrected chi connectivity index (χ2v) is 4.64. The van der Waals surface area contributed by atoms with E-state index in [1.165, 1.54) is 12.1 Å². The Kier molecular flexibility index (Phi) is 3.37. The van der Waals surface area contributed by atoms with Crippen molar-refractivity contribution in [2.45, 2.75) is 6.92 Å². The van der Waals surface area contributed by atoms with E-state index >= 15 is 0 Å². The van der Waals surface area contributed by atoms with E-state index in [0.717, 1.165) is 16.5 Å². The summed E-state index contributed by atoms with van der Waals surface area (Å²) in [4.78, 5) is 8.58. The van der Waals surface area contributed by atoms with Crippen molar-refractivity contribution < 1.29 is 4.39 Å². The molecular formula is C15H14FN5. The molecule has 0 aliphatic heterocycles. The number of nitrogen functional groups attached to an aromatic ring is 1. The number of rotatable bonds is 3. The molecule has 5 nitrogen and oxygen atoms in total. The van der Waals surface area contributed by atoms with Crippen LogP contribution in [0.25, 0.3) is 10.9 Å². The summed E-state index contributed by atoms with van der Waals surface area (Å²) >= 11 is 0. The molecule has 2 aromatic carbocycles. The average Bonchev–Trinajstić information content (AvgIpc) is 2.50. The lowest BCUT2D eigenvalue weighted by Gasteiger charge is -2.12. The lowest BCUT2D eigenvalue weighted by Crippen LogP contribution is -2.11. The first-order valence-corrected chi connectivity index (χ1v) is 6.44. The number of nitrogens with one attached hydrogen (secondary N) is 2. The normalized spacial score (nSPS) is 10.6. The summed E-state index contributed by atoms with van der Waals surface area (Å²) in [6.45, 7) is 1.90. The quantitative estimate of drug-likeness (QED) is 0.508. The molecule has 3 aromatic rings. The van der Waals surface area contributed by atoms with Crippen LogP contribution in [0.1, 0.15) is 5.56 Å². The molecule has 0 aliphatic carbocycles. The van der Waals surface area contributed by atoms with Crippen LogP contribution in [0.5, 0.6) is 0 Å². The Morgan fingerprint density at radius 1 is 1.10 bits per heavy atom. The first-order valence-electron chi connectivity index (χ1n) is 6.44. The van der Waals surface area contributed by atoms with Crippen molar-refractivity contribution in [3.05, 3.63) is 53.8 Å². The zero-order valence-electron chi connectivity index (χ0n) is 11.4. The Balaban J connectivity index is 2.13. The molecule has 0 aliphatic rings. The van der Waals surface area contributed by atoms with Gasteiger partial charge in [-0.1, -0.05) is 18.2 Å². The number of fused-ring (bicyclic) bond motifs is 1. The van der Waals surface area contributed by atoms with E-state index in [1.54, 1.807) is 6.07 Å². The highest BCUT2D eigenvalue weighted by atomic mass is 19.1. The molecule has 0 spiro atoms. The van der Waals surface area contributed by atoms with E-state index < -0.39 is 0 Å². The molecule has 1 heterocycles. The summed E-state index contributed by atoms with van der Waals surface area (Å²) in [5.41, 5.74) is 4.75. The van der Waals surface area contributed by atoms with Crippen molar-refractivity contribution in [2.75, 3.05) is 10.7 Å². The number of anilines is 3. The standard InChI is InChI=1S/C15H14FN5/c1-9-6-7-10(16)8-13(9)18-14-11-4-2-3-5-12(11)19-15(20-14)21-17/h2-8H,17H2,1H3,(H2,18,19,20,21). The number of aryl methyl sites for hydroxylation is 1. The maximum Gasteiger partial charge on any atom is 0.239 e. The van der Waals surface area contributed by atoms with Gasteiger partial charge in [0.15, 0.2) is 0 Å². The fourth-order valence-corrected chi connectivity index (χ4v) is 2.09. The smallest absolute Gasteiger partial charge is 0.239 e. The van der Waals surface area contributed by atoms with E-state index in [9.17, 15) is 4.39 Å². The summed E-state index contributed by atoms with van der Waals surface area (Å²) in [6.07, 6.45) is 0. The van der Waals surface area contributed by atoms with Gasteiger partial charge in [0.25, 0.3) is 0 Å². The summed E-state index contributed by atoms with van der Waals surface area (Å²) in [5.74, 6) is 5.96. The Morgan fingerprint density at radius 2 is 1.90 bits per heavy atom. The first kappa shape index (κ1) is 13.3. The third-order valence-corrected chi connectivity index (χ3v) is 3.19. The fraction of sp³-hybridized carbons (Fsp3) is 0.0667. The van der Waals surface area contributed by atoms with E-state index in [2.05, 4.69) is 20.7 Å². The Bertz CT molecular complexity index is 803. The van der Waals surface area contributed by atoms with Crippen molar-refractivity contribution in [2.24, 2.45) is 5.84 Å². The predicted molar refractivity (Wildman–Crippen MR) is 81.8 cm³/mol. The highest BCUT2D eigenvalue weighted by molar-refractivity contribution is 5.91. The molecule has 1 aromatic heterocycles. The molecule has 0 amide bonds. The van der Waals surface area contributed by atoms with Crippen molar-refractivity contribution in [1.82, 2.24) is 9.97 Å². The van der Waals surface area contributed by atoms with E-state index in [1.807, 2.05) is 31.2 Å². The Morgan fingerprint density at radius 3 is 2.71 bits per heavy atom. The molecular weight excluding hydrogens is 269 g/mol. The molecule has 0 fully saturated rings. The highest BCUT2D eigenvalue weighted by Crippen LogP contribution is 2.26. The van der Waals surface area contributed by atoms with Crippen LogP contribution in [0.4, 0.5) is 21.8 Å². The van der Waals surface area contributed by atoms with Crippen LogP contribution in [0.15, 0.2) is 42.5 Å². The van der Waals surface area contributed by atoms with Crippen LogP contribution in [0.2, 0.25) is 0 Å². The van der Waals surface area contributed by atoms with Crippen LogP contribution in [0.3, 0.4) is 0 Å². The van der Waals surface area contributed by atoms with Gasteiger partial charge in [-0.15, -0.1) is 0 Å². The minimum absolute atomic E-state index is 0.297. The second-order valence-electron chi connectivity index (χ2n) is 4.64. The van der Waals surface area contributed by atoms with Crippen LogP contribution >= 0.6 is 0 Å². The first-order chi connectivity index (χ1) is 10.2. The van der Waals surface area contributed by atoms with Crippen molar-refractivity contribution in [3.63, 3.8) is 0 Å². The predicted octanol–water partition coefficient (Wildman–Crippen LogP) is 3.11. The fourth-order valence-electron chi connectivity index (χ4n) is 2.09. The van der Waals surface area contributed by atoms with Crippen LogP contribution in [-0.4, -0.2) is 9.97 Å². The molecule has 0 saturated heterocycles. The van der Waals surface area contributed by atoms with Gasteiger partial charge >= 0.3 is 0 Å². The van der Waals surface area contributed by atoms with Gasteiger partial charge in [0.2, 0.25) is 5.95 Å². The second kappa shape index (κ2) is 5.34. The minimum atomic E-state index is -0.307. The van der Waals surface area contributed by atoms with E-state index in [-0.39, 0.29) is 5.82 Å². The Hall–Kier alpha value is -2.73. The van der Waals surface area contributed by atoms with Gasteiger partial charge in [0.05, 0.1) is 5.52 Å². The highest BCUT2D eigenvalue weighted by Gasteiger charge is 2.09. The molecule has 0 bridgehead atoms. The molecule has 106 valence electrons. The van der Waals surface area contributed by atoms with Gasteiger partial charge in [-0.25, -0.2) is 15.2 Å². The average molecular weight is 283 g/mol. The lowest BCUT2D eigenvalue weighted by atomic mass is 10.2. The monoisotopic (exact) mass is 283 g/mol. The van der Waals surface area contributed by atoms with Crippen molar-refractivity contribution in [3.8, 4) is 0 Å². The van der Waals surface area contributed by atoms with Crippen LogP contribution < -0.4 is 16.6 Å². The van der Waals surface area contributed by atoms with Crippen LogP contribution in [0, 0.1) is 12.7 Å². The third kappa shape index (κ3) is 2.61. The van der Waals surface area contributed by atoms with Gasteiger partial charge < -0.3 is 5.32 Å². The number of hydrazine groups is 1. The minimum Gasteiger partial charge on any atom is -0.339 e. The summed E-state index contributed by atoms with van der Waals surface area (Å²) < 4.78 is 13.4. The Labute approximate surface area is 121 Å². The van der Waals surface area contributed by atoms with Crippen molar-refractivity contribution in [1.29, 1.82) is 0 Å².